The van der Waals surface area contributed by atoms with Crippen molar-refractivity contribution in [3.63, 3.8) is 0 Å². The Kier molecular flexibility index (Phi) is 7.84. The van der Waals surface area contributed by atoms with Crippen LogP contribution in [0.25, 0.3) is 0 Å². The van der Waals surface area contributed by atoms with E-state index in [0.29, 0.717) is 0 Å². The van der Waals surface area contributed by atoms with Crippen molar-refractivity contribution in [2.24, 2.45) is 0 Å². The molecular weight excluding hydrogens is 436 g/mol. The maximum absolute atomic E-state index is 13.4. The van der Waals surface area contributed by atoms with Gasteiger partial charge in [0.2, 0.25) is 0 Å². The molecule has 0 bridgehead atoms. The van der Waals surface area contributed by atoms with Gasteiger partial charge in [0.05, 0.1) is 10.8 Å². The Balaban J connectivity index is 1.35. The van der Waals surface area contributed by atoms with Crippen LogP contribution in [0, 0.1) is 18.6 Å². The zero-order chi connectivity index (χ0) is 23.2. The number of aryl methyl sites for hydroxylation is 1. The van der Waals surface area contributed by atoms with Crippen LogP contribution >= 0.6 is 0 Å². The van der Waals surface area contributed by atoms with Gasteiger partial charge in [0, 0.05) is 28.8 Å². The summed E-state index contributed by atoms with van der Waals surface area (Å²) in [5.41, 5.74) is 3.24. The van der Waals surface area contributed by atoms with E-state index in [1.165, 1.54) is 29.8 Å². The predicted molar refractivity (Wildman–Crippen MR) is 131 cm³/mol. The monoisotopic (exact) mass is 465 g/mol. The van der Waals surface area contributed by atoms with E-state index in [1.54, 1.807) is 0 Å². The molecule has 3 aromatic rings. The molecule has 0 aromatic heterocycles. The second-order valence-corrected chi connectivity index (χ2v) is 10.1. The van der Waals surface area contributed by atoms with E-state index in [0.717, 1.165) is 59.8 Å². The quantitative estimate of drug-likeness (QED) is 0.374. The molecule has 0 unspecified atom stereocenters. The lowest BCUT2D eigenvalue weighted by molar-refractivity contribution is 0.288. The third-order valence-electron chi connectivity index (χ3n) is 6.24. The van der Waals surface area contributed by atoms with Crippen LogP contribution < -0.4 is 0 Å². The zero-order valence-corrected chi connectivity index (χ0v) is 19.7. The number of nitrogens with zero attached hydrogens (tertiary/aromatic N) is 1. The highest BCUT2D eigenvalue weighted by Crippen LogP contribution is 2.30. The molecule has 0 amide bonds. The lowest BCUT2D eigenvalue weighted by atomic mass is 9.87. The minimum Gasteiger partial charge on any atom is -0.299 e. The highest BCUT2D eigenvalue weighted by Gasteiger charge is 2.19. The second-order valence-electron chi connectivity index (χ2n) is 8.60. The van der Waals surface area contributed by atoms with Crippen molar-refractivity contribution in [3.05, 3.63) is 112 Å². The average Bonchev–Trinajstić information content (AvgIpc) is 2.84. The first-order valence-corrected chi connectivity index (χ1v) is 12.6. The summed E-state index contributed by atoms with van der Waals surface area (Å²) in [4.78, 5) is 4.25. The highest BCUT2D eigenvalue weighted by atomic mass is 32.2. The van der Waals surface area contributed by atoms with Gasteiger partial charge >= 0.3 is 0 Å². The molecule has 5 heteroatoms. The fraction of sp³-hybridized carbons (Fsp3) is 0.286. The van der Waals surface area contributed by atoms with E-state index in [9.17, 15) is 13.0 Å². The summed E-state index contributed by atoms with van der Waals surface area (Å²) < 4.78 is 39.7. The minimum absolute atomic E-state index is 0.0936. The molecule has 33 heavy (non-hydrogen) atoms. The Hall–Kier alpha value is -2.63. The Morgan fingerprint density at radius 2 is 1.45 bits per heavy atom. The number of halogens is 2. The van der Waals surface area contributed by atoms with Gasteiger partial charge in [0.1, 0.15) is 11.6 Å². The first-order chi connectivity index (χ1) is 16.0. The minimum atomic E-state index is -1.09. The van der Waals surface area contributed by atoms with Crippen LogP contribution in [0.1, 0.15) is 41.9 Å². The first kappa shape index (κ1) is 23.5. The standard InChI is InChI=1S/C28H29F2NOS/c1-21-4-14-26(15-5-21)33(32)27-16-19-31(20-17-27)18-2-3-28(22-6-10-24(29)11-7-22)23-8-12-25(30)13-9-23/h4-16,28H,2-3,17-20H2,1H3/t33-/m1/s1. The van der Waals surface area contributed by atoms with Crippen molar-refractivity contribution >= 4 is 10.8 Å². The summed E-state index contributed by atoms with van der Waals surface area (Å²) in [6, 6.07) is 21.1. The van der Waals surface area contributed by atoms with Crippen molar-refractivity contribution < 1.29 is 13.0 Å². The van der Waals surface area contributed by atoms with Crippen LogP contribution in [0.15, 0.2) is 88.7 Å². The Morgan fingerprint density at radius 1 is 0.879 bits per heavy atom. The van der Waals surface area contributed by atoms with E-state index < -0.39 is 10.8 Å². The number of rotatable bonds is 8. The molecule has 0 aliphatic carbocycles. The van der Waals surface area contributed by atoms with Gasteiger partial charge in [-0.15, -0.1) is 0 Å². The molecule has 1 atom stereocenters. The molecule has 1 aliphatic heterocycles. The molecular formula is C28H29F2NOS. The van der Waals surface area contributed by atoms with Crippen molar-refractivity contribution in [1.29, 1.82) is 0 Å². The molecule has 0 spiro atoms. The molecule has 1 aliphatic rings. The third-order valence-corrected chi connectivity index (χ3v) is 7.78. The van der Waals surface area contributed by atoms with Gasteiger partial charge in [-0.05, 0) is 80.3 Å². The average molecular weight is 466 g/mol. The largest absolute Gasteiger partial charge is 0.299 e. The molecule has 0 radical (unpaired) electrons. The van der Waals surface area contributed by atoms with Gasteiger partial charge in [0.25, 0.3) is 0 Å². The number of hydrogen-bond acceptors (Lipinski definition) is 2. The van der Waals surface area contributed by atoms with E-state index in [4.69, 9.17) is 0 Å². The summed E-state index contributed by atoms with van der Waals surface area (Å²) in [7, 11) is -1.09. The molecule has 2 nitrogen and oxygen atoms in total. The molecule has 0 saturated carbocycles. The van der Waals surface area contributed by atoms with E-state index in [1.807, 2.05) is 55.5 Å². The van der Waals surface area contributed by atoms with Gasteiger partial charge in [0.15, 0.2) is 0 Å². The number of hydrogen-bond donors (Lipinski definition) is 0. The zero-order valence-electron chi connectivity index (χ0n) is 18.8. The lowest BCUT2D eigenvalue weighted by Crippen LogP contribution is -2.30. The summed E-state index contributed by atoms with van der Waals surface area (Å²) in [6.45, 7) is 4.65. The smallest absolute Gasteiger partial charge is 0.123 e. The van der Waals surface area contributed by atoms with Crippen LogP contribution in [-0.2, 0) is 10.8 Å². The normalized spacial score (nSPS) is 15.5. The van der Waals surface area contributed by atoms with Crippen LogP contribution in [-0.4, -0.2) is 28.7 Å². The van der Waals surface area contributed by atoms with Gasteiger partial charge in [-0.1, -0.05) is 48.0 Å². The van der Waals surface area contributed by atoms with Gasteiger partial charge in [-0.3, -0.25) is 4.90 Å². The van der Waals surface area contributed by atoms with Crippen LogP contribution in [0.3, 0.4) is 0 Å². The highest BCUT2D eigenvalue weighted by molar-refractivity contribution is 7.89. The van der Waals surface area contributed by atoms with Crippen LogP contribution in [0.2, 0.25) is 0 Å². The van der Waals surface area contributed by atoms with Gasteiger partial charge < -0.3 is 0 Å². The lowest BCUT2D eigenvalue weighted by Gasteiger charge is -2.27. The third kappa shape index (κ3) is 6.24. The first-order valence-electron chi connectivity index (χ1n) is 11.4. The molecule has 3 aromatic carbocycles. The van der Waals surface area contributed by atoms with E-state index in [2.05, 4.69) is 11.0 Å². The molecule has 172 valence electrons. The van der Waals surface area contributed by atoms with Gasteiger partial charge in [-0.2, -0.15) is 0 Å². The summed E-state index contributed by atoms with van der Waals surface area (Å²) in [5.74, 6) is -0.415. The van der Waals surface area contributed by atoms with Crippen molar-refractivity contribution in [2.75, 3.05) is 19.6 Å². The maximum atomic E-state index is 13.4. The topological polar surface area (TPSA) is 20.3 Å². The molecule has 0 saturated heterocycles. The van der Waals surface area contributed by atoms with Crippen molar-refractivity contribution in [2.45, 2.75) is 37.0 Å². The van der Waals surface area contributed by atoms with Crippen molar-refractivity contribution in [1.82, 2.24) is 4.90 Å². The Morgan fingerprint density at radius 3 is 1.97 bits per heavy atom. The fourth-order valence-electron chi connectivity index (χ4n) is 4.31. The number of benzene rings is 3. The summed E-state index contributed by atoms with van der Waals surface area (Å²) >= 11 is 0. The predicted octanol–water partition coefficient (Wildman–Crippen LogP) is 6.58. The fourth-order valence-corrected chi connectivity index (χ4v) is 5.50. The molecule has 1 heterocycles. The van der Waals surface area contributed by atoms with Crippen molar-refractivity contribution in [3.8, 4) is 0 Å². The van der Waals surface area contributed by atoms with E-state index in [-0.39, 0.29) is 17.6 Å². The van der Waals surface area contributed by atoms with Crippen LogP contribution in [0.5, 0.6) is 0 Å². The molecule has 4 rings (SSSR count). The molecule has 0 N–H and O–H groups in total. The van der Waals surface area contributed by atoms with Crippen LogP contribution in [0.4, 0.5) is 8.78 Å². The summed E-state index contributed by atoms with van der Waals surface area (Å²) in [5, 5.41) is 0. The van der Waals surface area contributed by atoms with Gasteiger partial charge in [-0.25, -0.2) is 13.0 Å². The van der Waals surface area contributed by atoms with E-state index >= 15 is 0 Å². The SMILES string of the molecule is Cc1ccc([S@@](=O)C2=CCN(CCCC(c3ccc(F)cc3)c3ccc(F)cc3)CC2)cc1. The Bertz CT molecular complexity index is 1060. The second kappa shape index (κ2) is 11.0. The summed E-state index contributed by atoms with van der Waals surface area (Å²) in [6.07, 6.45) is 4.76. The maximum Gasteiger partial charge on any atom is 0.123 e. The molecule has 0 fully saturated rings. The Labute approximate surface area is 197 Å².